The number of benzene rings is 3. The minimum Gasteiger partial charge on any atom is -0.390 e. The Balaban J connectivity index is 1.66. The first kappa shape index (κ1) is 29.2. The molecule has 0 aliphatic carbocycles. The highest BCUT2D eigenvalue weighted by Gasteiger charge is 2.25. The van der Waals surface area contributed by atoms with Crippen molar-refractivity contribution in [1.29, 1.82) is 0 Å². The Hall–Kier alpha value is -3.33. The molecule has 38 heavy (non-hydrogen) atoms. The van der Waals surface area contributed by atoms with Gasteiger partial charge in [0.05, 0.1) is 12.1 Å². The van der Waals surface area contributed by atoms with Crippen molar-refractivity contribution >= 4 is 23.4 Å². The van der Waals surface area contributed by atoms with Gasteiger partial charge in [-0.15, -0.1) is 0 Å². The first-order valence-corrected chi connectivity index (χ1v) is 12.8. The van der Waals surface area contributed by atoms with E-state index in [-0.39, 0.29) is 18.5 Å². The van der Waals surface area contributed by atoms with Gasteiger partial charge in [-0.1, -0.05) is 42.8 Å². The first-order chi connectivity index (χ1) is 18.1. The highest BCUT2D eigenvalue weighted by molar-refractivity contribution is 6.30. The molecule has 3 rings (SSSR count). The fourth-order valence-electron chi connectivity index (χ4n) is 3.99. The Morgan fingerprint density at radius 3 is 2.24 bits per heavy atom. The van der Waals surface area contributed by atoms with Crippen molar-refractivity contribution in [2.24, 2.45) is 0 Å². The van der Waals surface area contributed by atoms with E-state index >= 15 is 0 Å². The SMILES string of the molecule is CCc1cccc(CNC[C@H](O)[C@@H](Cc2cc(F)cc(F)c2)NC(=O)[C@H](C)NC(=O)c2ccc(Cl)cc2)c1. The third kappa shape index (κ3) is 8.90. The Morgan fingerprint density at radius 2 is 1.58 bits per heavy atom. The molecule has 3 atom stereocenters. The molecule has 3 aromatic rings. The summed E-state index contributed by atoms with van der Waals surface area (Å²) in [4.78, 5) is 25.4. The van der Waals surface area contributed by atoms with E-state index < -0.39 is 41.6 Å². The van der Waals surface area contributed by atoms with E-state index in [2.05, 4.69) is 28.9 Å². The summed E-state index contributed by atoms with van der Waals surface area (Å²) >= 11 is 5.86. The molecule has 0 fully saturated rings. The number of aliphatic hydroxyl groups excluding tert-OH is 1. The molecule has 202 valence electrons. The second-order valence-electron chi connectivity index (χ2n) is 9.17. The zero-order valence-electron chi connectivity index (χ0n) is 21.3. The number of aryl methyl sites for hydroxylation is 1. The van der Waals surface area contributed by atoms with Crippen molar-refractivity contribution in [2.45, 2.75) is 51.4 Å². The maximum Gasteiger partial charge on any atom is 0.251 e. The largest absolute Gasteiger partial charge is 0.390 e. The van der Waals surface area contributed by atoms with Crippen LogP contribution in [0.2, 0.25) is 5.02 Å². The third-order valence-electron chi connectivity index (χ3n) is 6.10. The van der Waals surface area contributed by atoms with Gasteiger partial charge in [0.2, 0.25) is 5.91 Å². The van der Waals surface area contributed by atoms with Crippen LogP contribution in [0.4, 0.5) is 8.78 Å². The third-order valence-corrected chi connectivity index (χ3v) is 6.35. The number of aliphatic hydroxyl groups is 1. The minimum atomic E-state index is -1.08. The van der Waals surface area contributed by atoms with E-state index in [1.165, 1.54) is 24.6 Å². The number of carbonyl (C=O) groups is 2. The van der Waals surface area contributed by atoms with Crippen LogP contribution in [0.25, 0.3) is 0 Å². The number of halogens is 3. The minimum absolute atomic E-state index is 0.0214. The van der Waals surface area contributed by atoms with E-state index in [4.69, 9.17) is 11.6 Å². The maximum absolute atomic E-state index is 13.8. The van der Waals surface area contributed by atoms with Gasteiger partial charge in [-0.05, 0) is 72.9 Å². The van der Waals surface area contributed by atoms with E-state index in [0.29, 0.717) is 17.1 Å². The van der Waals surface area contributed by atoms with Gasteiger partial charge < -0.3 is 21.1 Å². The molecule has 4 N–H and O–H groups in total. The van der Waals surface area contributed by atoms with Crippen LogP contribution in [-0.4, -0.2) is 41.7 Å². The maximum atomic E-state index is 13.8. The summed E-state index contributed by atoms with van der Waals surface area (Å²) in [6.45, 7) is 4.18. The van der Waals surface area contributed by atoms with Gasteiger partial charge in [0.1, 0.15) is 17.7 Å². The van der Waals surface area contributed by atoms with E-state index in [9.17, 15) is 23.5 Å². The number of nitrogens with one attached hydrogen (secondary N) is 3. The molecule has 0 saturated heterocycles. The van der Waals surface area contributed by atoms with E-state index in [1.54, 1.807) is 12.1 Å². The lowest BCUT2D eigenvalue weighted by Gasteiger charge is -2.26. The standard InChI is InChI=1S/C29H32ClF2N3O3/c1-3-19-5-4-6-20(11-19)16-33-17-27(36)26(14-21-12-24(31)15-25(32)13-21)35-28(37)18(2)34-29(38)22-7-9-23(30)10-8-22/h4-13,15,18,26-27,33,36H,3,14,16-17H2,1-2H3,(H,34,38)(H,35,37)/t18-,26+,27-/m0/s1. The normalized spacial score (nSPS) is 13.4. The molecule has 0 unspecified atom stereocenters. The highest BCUT2D eigenvalue weighted by Crippen LogP contribution is 2.13. The zero-order chi connectivity index (χ0) is 27.7. The van der Waals surface area contributed by atoms with E-state index in [1.807, 2.05) is 18.2 Å². The molecule has 2 amide bonds. The first-order valence-electron chi connectivity index (χ1n) is 12.4. The van der Waals surface area contributed by atoms with Gasteiger partial charge in [-0.2, -0.15) is 0 Å². The fourth-order valence-corrected chi connectivity index (χ4v) is 4.11. The number of hydrogen-bond acceptors (Lipinski definition) is 4. The van der Waals surface area contributed by atoms with Crippen molar-refractivity contribution in [3.63, 3.8) is 0 Å². The average Bonchev–Trinajstić information content (AvgIpc) is 2.88. The molecular weight excluding hydrogens is 512 g/mol. The lowest BCUT2D eigenvalue weighted by Crippen LogP contribution is -2.54. The van der Waals surface area contributed by atoms with Gasteiger partial charge >= 0.3 is 0 Å². The van der Waals surface area contributed by atoms with E-state index in [0.717, 1.165) is 30.2 Å². The summed E-state index contributed by atoms with van der Waals surface area (Å²) in [6, 6.07) is 15.5. The molecule has 9 heteroatoms. The Bertz CT molecular complexity index is 1220. The van der Waals surface area contributed by atoms with Crippen LogP contribution in [0.5, 0.6) is 0 Å². The number of amides is 2. The number of carbonyl (C=O) groups excluding carboxylic acids is 2. The molecule has 0 radical (unpaired) electrons. The van der Waals surface area contributed by atoms with Gasteiger partial charge in [0.25, 0.3) is 5.91 Å². The Kier molecular flexibility index (Phi) is 10.8. The summed E-state index contributed by atoms with van der Waals surface area (Å²) in [5.41, 5.74) is 2.85. The summed E-state index contributed by atoms with van der Waals surface area (Å²) in [5, 5.41) is 19.9. The second-order valence-corrected chi connectivity index (χ2v) is 9.61. The summed E-state index contributed by atoms with van der Waals surface area (Å²) in [6.07, 6.45) is -0.202. The van der Waals surface area contributed by atoms with Crippen LogP contribution < -0.4 is 16.0 Å². The second kappa shape index (κ2) is 14.0. The van der Waals surface area contributed by atoms with Crippen molar-refractivity contribution < 1.29 is 23.5 Å². The molecule has 6 nitrogen and oxygen atoms in total. The highest BCUT2D eigenvalue weighted by atomic mass is 35.5. The zero-order valence-corrected chi connectivity index (χ0v) is 22.1. The quantitative estimate of drug-likeness (QED) is 0.276. The Morgan fingerprint density at radius 1 is 0.921 bits per heavy atom. The van der Waals surface area contributed by atoms with Crippen LogP contribution in [0.3, 0.4) is 0 Å². The topological polar surface area (TPSA) is 90.5 Å². The average molecular weight is 544 g/mol. The molecule has 3 aromatic carbocycles. The van der Waals surface area contributed by atoms with Gasteiger partial charge in [-0.25, -0.2) is 8.78 Å². The van der Waals surface area contributed by atoms with Crippen LogP contribution >= 0.6 is 11.6 Å². The van der Waals surface area contributed by atoms with Crippen LogP contribution in [0, 0.1) is 11.6 Å². The van der Waals surface area contributed by atoms with Crippen molar-refractivity contribution in [3.05, 3.63) is 106 Å². The predicted molar refractivity (Wildman–Crippen MR) is 144 cm³/mol. The number of rotatable bonds is 12. The molecule has 0 bridgehead atoms. The van der Waals surface area contributed by atoms with Crippen molar-refractivity contribution in [2.75, 3.05) is 6.54 Å². The lowest BCUT2D eigenvalue weighted by molar-refractivity contribution is -0.124. The van der Waals surface area contributed by atoms with Gasteiger partial charge in [0, 0.05) is 29.7 Å². The summed E-state index contributed by atoms with van der Waals surface area (Å²) in [5.74, 6) is -2.53. The molecular formula is C29H32ClF2N3O3. The smallest absolute Gasteiger partial charge is 0.251 e. The molecule has 0 heterocycles. The van der Waals surface area contributed by atoms with Crippen molar-refractivity contribution in [3.8, 4) is 0 Å². The van der Waals surface area contributed by atoms with Gasteiger partial charge in [-0.3, -0.25) is 9.59 Å². The predicted octanol–water partition coefficient (Wildman–Crippen LogP) is 4.18. The van der Waals surface area contributed by atoms with Gasteiger partial charge in [0.15, 0.2) is 0 Å². The van der Waals surface area contributed by atoms with Crippen LogP contribution in [0.1, 0.15) is 40.9 Å². The van der Waals surface area contributed by atoms with Crippen LogP contribution in [-0.2, 0) is 24.2 Å². The fraction of sp³-hybridized carbons (Fsp3) is 0.310. The molecule has 0 spiro atoms. The lowest BCUT2D eigenvalue weighted by atomic mass is 10.00. The molecule has 0 aliphatic rings. The summed E-state index contributed by atoms with van der Waals surface area (Å²) in [7, 11) is 0. The van der Waals surface area contributed by atoms with Crippen LogP contribution in [0.15, 0.2) is 66.7 Å². The molecule has 0 aromatic heterocycles. The van der Waals surface area contributed by atoms with Crippen molar-refractivity contribution in [1.82, 2.24) is 16.0 Å². The number of hydrogen-bond donors (Lipinski definition) is 4. The molecule has 0 aliphatic heterocycles. The Labute approximate surface area is 226 Å². The monoisotopic (exact) mass is 543 g/mol. The molecule has 0 saturated carbocycles. The summed E-state index contributed by atoms with van der Waals surface area (Å²) < 4.78 is 27.6.